The Labute approximate surface area is 112 Å². The van der Waals surface area contributed by atoms with Crippen LogP contribution in [-0.4, -0.2) is 34.4 Å². The number of carbonyl (C=O) groups excluding carboxylic acids is 2. The molecule has 0 aromatic carbocycles. The zero-order valence-corrected chi connectivity index (χ0v) is 11.2. The van der Waals surface area contributed by atoms with Crippen molar-refractivity contribution in [1.82, 2.24) is 9.88 Å². The normalized spacial score (nSPS) is 26.8. The molecule has 2 saturated heterocycles. The third kappa shape index (κ3) is 1.80. The smallest absolute Gasteiger partial charge is 0.312 e. The number of carbonyl (C=O) groups is 2. The van der Waals surface area contributed by atoms with Crippen molar-refractivity contribution >= 4 is 17.8 Å². The third-order valence-corrected chi connectivity index (χ3v) is 4.00. The number of fused-ring (bicyclic) bond motifs is 1. The second kappa shape index (κ2) is 4.33. The number of nitrogens with zero attached hydrogens (tertiary/aromatic N) is 3. The van der Waals surface area contributed by atoms with Gasteiger partial charge in [-0.05, 0) is 37.3 Å². The van der Waals surface area contributed by atoms with Crippen molar-refractivity contribution in [3.8, 4) is 0 Å². The van der Waals surface area contributed by atoms with Gasteiger partial charge in [0.05, 0.1) is 0 Å². The van der Waals surface area contributed by atoms with E-state index in [1.54, 1.807) is 17.2 Å². The quantitative estimate of drug-likeness (QED) is 0.724. The summed E-state index contributed by atoms with van der Waals surface area (Å²) in [6, 6.07) is 3.16. The van der Waals surface area contributed by atoms with Crippen LogP contribution in [0.1, 0.15) is 25.3 Å². The maximum atomic E-state index is 12.5. The molecule has 2 aliphatic heterocycles. The Bertz CT molecular complexity index is 543. The van der Waals surface area contributed by atoms with Crippen LogP contribution in [0.2, 0.25) is 0 Å². The minimum absolute atomic E-state index is 0.127. The van der Waals surface area contributed by atoms with Gasteiger partial charge in [-0.25, -0.2) is 14.7 Å². The van der Waals surface area contributed by atoms with Crippen LogP contribution in [0.5, 0.6) is 0 Å². The Morgan fingerprint density at radius 1 is 1.37 bits per heavy atom. The van der Waals surface area contributed by atoms with E-state index in [0.29, 0.717) is 18.3 Å². The molecule has 0 saturated carbocycles. The molecule has 0 aliphatic carbocycles. The lowest BCUT2D eigenvalue weighted by molar-refractivity contribution is -0.120. The average molecular weight is 259 g/mol. The predicted molar refractivity (Wildman–Crippen MR) is 70.7 cm³/mol. The summed E-state index contributed by atoms with van der Waals surface area (Å²) in [4.78, 5) is 32.0. The van der Waals surface area contributed by atoms with Crippen LogP contribution < -0.4 is 4.90 Å². The minimum Gasteiger partial charge on any atom is -0.312 e. The van der Waals surface area contributed by atoms with Gasteiger partial charge in [0.15, 0.2) is 0 Å². The maximum absolute atomic E-state index is 12.5. The van der Waals surface area contributed by atoms with Crippen molar-refractivity contribution in [2.24, 2.45) is 5.92 Å². The first-order valence-electron chi connectivity index (χ1n) is 6.66. The van der Waals surface area contributed by atoms with Gasteiger partial charge in [0.1, 0.15) is 11.9 Å². The lowest BCUT2D eigenvalue weighted by atomic mass is 9.93. The standard InChI is InChI=1S/C14H17N3O2/c1-9-5-7-16-11(8-9)13(18)17(14(16)19)12-10(2)4-3-6-15-12/h3-4,6,9,11H,5,7-8H2,1-2H3/t9-,11-/m0/s1. The first-order valence-corrected chi connectivity index (χ1v) is 6.66. The molecule has 5 nitrogen and oxygen atoms in total. The van der Waals surface area contributed by atoms with Gasteiger partial charge in [-0.3, -0.25) is 4.79 Å². The van der Waals surface area contributed by atoms with Crippen LogP contribution in [0.15, 0.2) is 18.3 Å². The fourth-order valence-corrected chi connectivity index (χ4v) is 2.88. The van der Waals surface area contributed by atoms with Gasteiger partial charge in [-0.15, -0.1) is 0 Å². The van der Waals surface area contributed by atoms with E-state index in [0.717, 1.165) is 18.4 Å². The molecule has 0 bridgehead atoms. The summed E-state index contributed by atoms with van der Waals surface area (Å²) >= 11 is 0. The average Bonchev–Trinajstić information content (AvgIpc) is 2.63. The number of piperidine rings is 1. The molecule has 2 atom stereocenters. The number of imide groups is 1. The fourth-order valence-electron chi connectivity index (χ4n) is 2.88. The van der Waals surface area contributed by atoms with Gasteiger partial charge in [0.2, 0.25) is 0 Å². The summed E-state index contributed by atoms with van der Waals surface area (Å²) in [5.74, 6) is 0.834. The number of amides is 3. The van der Waals surface area contributed by atoms with Crippen molar-refractivity contribution < 1.29 is 9.59 Å². The monoisotopic (exact) mass is 259 g/mol. The van der Waals surface area contributed by atoms with E-state index in [2.05, 4.69) is 11.9 Å². The summed E-state index contributed by atoms with van der Waals surface area (Å²) in [5, 5.41) is 0. The summed E-state index contributed by atoms with van der Waals surface area (Å²) < 4.78 is 0. The lowest BCUT2D eigenvalue weighted by Crippen LogP contribution is -2.41. The SMILES string of the molecule is Cc1cccnc1N1C(=O)[C@@H]2C[C@@H](C)CCN2C1=O. The number of pyridine rings is 1. The Kier molecular flexibility index (Phi) is 2.77. The second-order valence-corrected chi connectivity index (χ2v) is 5.44. The summed E-state index contributed by atoms with van der Waals surface area (Å²) in [7, 11) is 0. The zero-order chi connectivity index (χ0) is 13.6. The predicted octanol–water partition coefficient (Wildman–Crippen LogP) is 1.96. The number of aryl methyl sites for hydroxylation is 1. The Morgan fingerprint density at radius 2 is 2.16 bits per heavy atom. The number of anilines is 1. The number of hydrogen-bond donors (Lipinski definition) is 0. The molecule has 5 heteroatoms. The highest BCUT2D eigenvalue weighted by Gasteiger charge is 2.48. The van der Waals surface area contributed by atoms with Crippen LogP contribution in [0, 0.1) is 12.8 Å². The zero-order valence-electron chi connectivity index (χ0n) is 11.2. The van der Waals surface area contributed by atoms with Crippen LogP contribution in [-0.2, 0) is 4.79 Å². The number of urea groups is 1. The molecule has 3 amide bonds. The molecule has 1 aromatic heterocycles. The number of hydrogen-bond acceptors (Lipinski definition) is 3. The Balaban J connectivity index is 1.98. The van der Waals surface area contributed by atoms with E-state index in [-0.39, 0.29) is 18.0 Å². The van der Waals surface area contributed by atoms with E-state index in [9.17, 15) is 9.59 Å². The first-order chi connectivity index (χ1) is 9.09. The van der Waals surface area contributed by atoms with E-state index in [1.807, 2.05) is 13.0 Å². The molecule has 2 fully saturated rings. The maximum Gasteiger partial charge on any atom is 0.333 e. The molecule has 100 valence electrons. The summed E-state index contributed by atoms with van der Waals surface area (Å²) in [6.07, 6.45) is 3.33. The van der Waals surface area contributed by atoms with Crippen molar-refractivity contribution in [1.29, 1.82) is 0 Å². The lowest BCUT2D eigenvalue weighted by Gasteiger charge is -2.30. The van der Waals surface area contributed by atoms with Crippen LogP contribution >= 0.6 is 0 Å². The van der Waals surface area contributed by atoms with E-state index < -0.39 is 0 Å². The van der Waals surface area contributed by atoms with Gasteiger partial charge >= 0.3 is 6.03 Å². The molecule has 19 heavy (non-hydrogen) atoms. The summed E-state index contributed by atoms with van der Waals surface area (Å²) in [5.41, 5.74) is 0.845. The minimum atomic E-state index is -0.294. The van der Waals surface area contributed by atoms with E-state index in [1.165, 1.54) is 4.90 Å². The van der Waals surface area contributed by atoms with Crippen LogP contribution in [0.4, 0.5) is 10.6 Å². The highest BCUT2D eigenvalue weighted by Crippen LogP contribution is 2.32. The van der Waals surface area contributed by atoms with Crippen molar-refractivity contribution in [2.75, 3.05) is 11.4 Å². The highest BCUT2D eigenvalue weighted by atomic mass is 16.2. The molecule has 0 unspecified atom stereocenters. The van der Waals surface area contributed by atoms with Crippen molar-refractivity contribution in [3.63, 3.8) is 0 Å². The number of rotatable bonds is 1. The van der Waals surface area contributed by atoms with Gasteiger partial charge in [-0.1, -0.05) is 13.0 Å². The van der Waals surface area contributed by atoms with Gasteiger partial charge < -0.3 is 4.90 Å². The molecular formula is C14H17N3O2. The second-order valence-electron chi connectivity index (χ2n) is 5.44. The van der Waals surface area contributed by atoms with E-state index in [4.69, 9.17) is 0 Å². The van der Waals surface area contributed by atoms with Gasteiger partial charge in [-0.2, -0.15) is 0 Å². The molecule has 0 N–H and O–H groups in total. The van der Waals surface area contributed by atoms with Crippen molar-refractivity contribution in [3.05, 3.63) is 23.9 Å². The molecule has 3 rings (SSSR count). The Morgan fingerprint density at radius 3 is 2.89 bits per heavy atom. The fraction of sp³-hybridized carbons (Fsp3) is 0.500. The van der Waals surface area contributed by atoms with Gasteiger partial charge in [0, 0.05) is 12.7 Å². The molecule has 0 radical (unpaired) electrons. The number of aromatic nitrogens is 1. The van der Waals surface area contributed by atoms with Crippen molar-refractivity contribution in [2.45, 2.75) is 32.7 Å². The summed E-state index contributed by atoms with van der Waals surface area (Å²) in [6.45, 7) is 4.66. The first kappa shape index (κ1) is 12.1. The van der Waals surface area contributed by atoms with Crippen LogP contribution in [0.3, 0.4) is 0 Å². The Hall–Kier alpha value is -1.91. The molecule has 1 aromatic rings. The molecule has 3 heterocycles. The topological polar surface area (TPSA) is 53.5 Å². The van der Waals surface area contributed by atoms with E-state index >= 15 is 0 Å². The van der Waals surface area contributed by atoms with Gasteiger partial charge in [0.25, 0.3) is 5.91 Å². The molecule has 2 aliphatic rings. The van der Waals surface area contributed by atoms with Crippen LogP contribution in [0.25, 0.3) is 0 Å². The largest absolute Gasteiger partial charge is 0.333 e. The molecular weight excluding hydrogens is 242 g/mol. The molecule has 0 spiro atoms. The third-order valence-electron chi connectivity index (χ3n) is 4.00. The highest BCUT2D eigenvalue weighted by molar-refractivity contribution is 6.21.